The summed E-state index contributed by atoms with van der Waals surface area (Å²) in [6.45, 7) is 1.74. The molecule has 0 saturated heterocycles. The van der Waals surface area contributed by atoms with Crippen LogP contribution in [0.4, 0.5) is 8.78 Å². The Kier molecular flexibility index (Phi) is 4.55. The molecule has 0 heterocycles. The Hall–Kier alpha value is -1.05. The highest BCUT2D eigenvalue weighted by atomic mass is 32.2. The van der Waals surface area contributed by atoms with E-state index in [-0.39, 0.29) is 12.6 Å². The van der Waals surface area contributed by atoms with Crippen LogP contribution >= 0.6 is 0 Å². The van der Waals surface area contributed by atoms with Gasteiger partial charge in [-0.3, -0.25) is 0 Å². The smallest absolute Gasteiger partial charge is 0.246 e. The van der Waals surface area contributed by atoms with E-state index in [2.05, 4.69) is 4.72 Å². The summed E-state index contributed by atoms with van der Waals surface area (Å²) in [7, 11) is -4.17. The molecule has 3 N–H and O–H groups in total. The van der Waals surface area contributed by atoms with Gasteiger partial charge >= 0.3 is 0 Å². The fraction of sp³-hybridized carbons (Fsp3) is 0.400. The predicted molar refractivity (Wildman–Crippen MR) is 59.8 cm³/mol. The van der Waals surface area contributed by atoms with Gasteiger partial charge in [0.15, 0.2) is 4.90 Å². The van der Waals surface area contributed by atoms with Gasteiger partial charge in [0, 0.05) is 12.6 Å². The predicted octanol–water partition coefficient (Wildman–Crippen LogP) is 0.980. The van der Waals surface area contributed by atoms with E-state index in [1.54, 1.807) is 6.92 Å². The lowest BCUT2D eigenvalue weighted by Crippen LogP contribution is -2.30. The highest BCUT2D eigenvalue weighted by Crippen LogP contribution is 2.17. The van der Waals surface area contributed by atoms with E-state index >= 15 is 0 Å². The van der Waals surface area contributed by atoms with E-state index in [4.69, 9.17) is 5.73 Å². The molecule has 17 heavy (non-hydrogen) atoms. The first-order valence-electron chi connectivity index (χ1n) is 5.04. The number of sulfonamides is 1. The lowest BCUT2D eigenvalue weighted by atomic mass is 10.3. The molecule has 1 rings (SSSR count). The van der Waals surface area contributed by atoms with Crippen LogP contribution in [0, 0.1) is 11.6 Å². The summed E-state index contributed by atoms with van der Waals surface area (Å²) >= 11 is 0. The first-order valence-corrected chi connectivity index (χ1v) is 6.52. The van der Waals surface area contributed by atoms with Crippen LogP contribution in [-0.2, 0) is 10.0 Å². The fourth-order valence-electron chi connectivity index (χ4n) is 1.23. The first-order chi connectivity index (χ1) is 7.84. The fourth-order valence-corrected chi connectivity index (χ4v) is 2.41. The largest absolute Gasteiger partial charge is 0.328 e. The van der Waals surface area contributed by atoms with Crippen molar-refractivity contribution in [3.8, 4) is 0 Å². The molecule has 96 valence electrons. The number of benzene rings is 1. The highest BCUT2D eigenvalue weighted by molar-refractivity contribution is 7.89. The maximum atomic E-state index is 13.2. The van der Waals surface area contributed by atoms with E-state index in [1.807, 2.05) is 0 Å². The van der Waals surface area contributed by atoms with Gasteiger partial charge in [-0.05, 0) is 25.5 Å². The van der Waals surface area contributed by atoms with Gasteiger partial charge < -0.3 is 5.73 Å². The summed E-state index contributed by atoms with van der Waals surface area (Å²) in [5.41, 5.74) is 5.44. The SMILES string of the molecule is CC(N)CCNS(=O)(=O)c1c(F)cccc1F. The summed E-state index contributed by atoms with van der Waals surface area (Å²) in [6.07, 6.45) is 0.384. The Balaban J connectivity index is 2.90. The first kappa shape index (κ1) is 14.0. The lowest BCUT2D eigenvalue weighted by molar-refractivity contribution is 0.512. The van der Waals surface area contributed by atoms with Gasteiger partial charge in [0.25, 0.3) is 0 Å². The molecule has 0 aromatic heterocycles. The summed E-state index contributed by atoms with van der Waals surface area (Å²) in [5, 5.41) is 0. The number of rotatable bonds is 5. The molecule has 0 saturated carbocycles. The third kappa shape index (κ3) is 3.72. The van der Waals surface area contributed by atoms with Crippen molar-refractivity contribution in [2.45, 2.75) is 24.3 Å². The third-order valence-electron chi connectivity index (χ3n) is 2.08. The van der Waals surface area contributed by atoms with Crippen LogP contribution in [0.3, 0.4) is 0 Å². The zero-order valence-corrected chi connectivity index (χ0v) is 10.1. The Bertz CT molecular complexity index is 469. The minimum atomic E-state index is -4.17. The number of hydrogen-bond donors (Lipinski definition) is 2. The van der Waals surface area contributed by atoms with E-state index in [1.165, 1.54) is 0 Å². The van der Waals surface area contributed by atoms with Crippen LogP contribution in [-0.4, -0.2) is 21.0 Å². The van der Waals surface area contributed by atoms with Crippen molar-refractivity contribution in [1.29, 1.82) is 0 Å². The quantitative estimate of drug-likeness (QED) is 0.832. The second-order valence-corrected chi connectivity index (χ2v) is 5.42. The molecule has 0 aliphatic heterocycles. The van der Waals surface area contributed by atoms with Crippen LogP contribution in [0.5, 0.6) is 0 Å². The molecule has 0 radical (unpaired) electrons. The Morgan fingerprint density at radius 2 is 1.88 bits per heavy atom. The zero-order valence-electron chi connectivity index (χ0n) is 9.28. The summed E-state index contributed by atoms with van der Waals surface area (Å²) in [4.78, 5) is -0.954. The molecule has 7 heteroatoms. The third-order valence-corrected chi connectivity index (χ3v) is 3.59. The second-order valence-electron chi connectivity index (χ2n) is 3.71. The number of nitrogens with one attached hydrogen (secondary N) is 1. The van der Waals surface area contributed by atoms with Crippen LogP contribution in [0.2, 0.25) is 0 Å². The van der Waals surface area contributed by atoms with Gasteiger partial charge in [0.05, 0.1) is 0 Å². The molecule has 0 amide bonds. The molecule has 1 atom stereocenters. The maximum Gasteiger partial charge on any atom is 0.246 e. The minimum absolute atomic E-state index is 0.0355. The van der Waals surface area contributed by atoms with Crippen molar-refractivity contribution in [3.63, 3.8) is 0 Å². The monoisotopic (exact) mass is 264 g/mol. The van der Waals surface area contributed by atoms with Crippen molar-refractivity contribution in [2.24, 2.45) is 5.73 Å². The van der Waals surface area contributed by atoms with Crippen molar-refractivity contribution in [2.75, 3.05) is 6.54 Å². The summed E-state index contributed by atoms with van der Waals surface area (Å²) < 4.78 is 51.8. The van der Waals surface area contributed by atoms with Crippen molar-refractivity contribution >= 4 is 10.0 Å². The molecule has 4 nitrogen and oxygen atoms in total. The highest BCUT2D eigenvalue weighted by Gasteiger charge is 2.23. The van der Waals surface area contributed by atoms with Gasteiger partial charge in [0.1, 0.15) is 11.6 Å². The van der Waals surface area contributed by atoms with E-state index in [9.17, 15) is 17.2 Å². The molecule has 1 unspecified atom stereocenters. The second kappa shape index (κ2) is 5.52. The molecular formula is C10H14F2N2O2S. The zero-order chi connectivity index (χ0) is 13.1. The van der Waals surface area contributed by atoms with E-state index in [0.29, 0.717) is 6.42 Å². The van der Waals surface area contributed by atoms with Gasteiger partial charge in [0.2, 0.25) is 10.0 Å². The van der Waals surface area contributed by atoms with Crippen molar-refractivity contribution < 1.29 is 17.2 Å². The van der Waals surface area contributed by atoms with Crippen molar-refractivity contribution in [1.82, 2.24) is 4.72 Å². The molecule has 0 aliphatic carbocycles. The average molecular weight is 264 g/mol. The molecular weight excluding hydrogens is 250 g/mol. The van der Waals surface area contributed by atoms with E-state index < -0.39 is 26.6 Å². The Morgan fingerprint density at radius 1 is 1.35 bits per heavy atom. The standard InChI is InChI=1S/C10H14F2N2O2S/c1-7(13)5-6-14-17(15,16)10-8(11)3-2-4-9(10)12/h2-4,7,14H,5-6,13H2,1H3. The van der Waals surface area contributed by atoms with E-state index in [0.717, 1.165) is 18.2 Å². The number of hydrogen-bond acceptors (Lipinski definition) is 3. The minimum Gasteiger partial charge on any atom is -0.328 e. The average Bonchev–Trinajstić information content (AvgIpc) is 2.15. The lowest BCUT2D eigenvalue weighted by Gasteiger charge is -2.09. The topological polar surface area (TPSA) is 72.2 Å². The summed E-state index contributed by atoms with van der Waals surface area (Å²) in [6, 6.07) is 2.70. The van der Waals surface area contributed by atoms with Gasteiger partial charge in [-0.2, -0.15) is 0 Å². The normalized spacial score (nSPS) is 13.6. The van der Waals surface area contributed by atoms with Crippen LogP contribution in [0.25, 0.3) is 0 Å². The summed E-state index contributed by atoms with van der Waals surface area (Å²) in [5.74, 6) is -2.23. The maximum absolute atomic E-state index is 13.2. The van der Waals surface area contributed by atoms with Gasteiger partial charge in [-0.25, -0.2) is 21.9 Å². The van der Waals surface area contributed by atoms with Gasteiger partial charge in [-0.15, -0.1) is 0 Å². The molecule has 1 aromatic carbocycles. The van der Waals surface area contributed by atoms with Crippen molar-refractivity contribution in [3.05, 3.63) is 29.8 Å². The number of nitrogens with two attached hydrogens (primary N) is 1. The van der Waals surface area contributed by atoms with Crippen LogP contribution in [0.15, 0.2) is 23.1 Å². The Labute approximate surface area is 98.9 Å². The van der Waals surface area contributed by atoms with Crippen LogP contribution in [0.1, 0.15) is 13.3 Å². The van der Waals surface area contributed by atoms with Gasteiger partial charge in [-0.1, -0.05) is 6.07 Å². The molecule has 1 aromatic rings. The molecule has 0 bridgehead atoms. The molecule has 0 spiro atoms. The Morgan fingerprint density at radius 3 is 2.35 bits per heavy atom. The van der Waals surface area contributed by atoms with Crippen LogP contribution < -0.4 is 10.5 Å². The molecule has 0 aliphatic rings. The number of halogens is 2. The molecule has 0 fully saturated rings.